The Kier molecular flexibility index (Phi) is 6.50. The van der Waals surface area contributed by atoms with E-state index in [0.29, 0.717) is 28.2 Å². The van der Waals surface area contributed by atoms with Crippen LogP contribution in [0.15, 0.2) is 71.4 Å². The molecule has 0 saturated carbocycles. The average molecular weight is 547 g/mol. The molecule has 3 aromatic rings. The molecule has 3 aromatic carbocycles. The van der Waals surface area contributed by atoms with E-state index in [0.717, 1.165) is 3.57 Å². The number of carbonyl (C=O) groups is 1. The van der Waals surface area contributed by atoms with Gasteiger partial charge in [-0.1, -0.05) is 12.1 Å². The van der Waals surface area contributed by atoms with Crippen molar-refractivity contribution < 1.29 is 27.8 Å². The maximum atomic E-state index is 13.4. The second-order valence-corrected chi connectivity index (χ2v) is 7.96. The van der Waals surface area contributed by atoms with Crippen molar-refractivity contribution in [2.75, 3.05) is 7.11 Å². The Morgan fingerprint density at radius 2 is 1.84 bits per heavy atom. The first-order valence-electron chi connectivity index (χ1n) is 9.46. The van der Waals surface area contributed by atoms with Crippen LogP contribution in [-0.4, -0.2) is 19.0 Å². The number of hydrogen-bond acceptors (Lipinski definition) is 5. The van der Waals surface area contributed by atoms with Crippen LogP contribution in [0.3, 0.4) is 0 Å². The fraction of sp³-hybridized carbons (Fsp3) is 0.0833. The van der Waals surface area contributed by atoms with Crippen LogP contribution in [0.4, 0.5) is 8.78 Å². The summed E-state index contributed by atoms with van der Waals surface area (Å²) in [5.41, 5.74) is 1.94. The van der Waals surface area contributed by atoms with Crippen molar-refractivity contribution in [1.82, 2.24) is 0 Å². The lowest BCUT2D eigenvalue weighted by atomic mass is 10.1. The monoisotopic (exact) mass is 547 g/mol. The predicted octanol–water partition coefficient (Wildman–Crippen LogP) is 5.50. The van der Waals surface area contributed by atoms with Crippen LogP contribution in [0.1, 0.15) is 16.7 Å². The van der Waals surface area contributed by atoms with Gasteiger partial charge in [0.1, 0.15) is 18.2 Å². The molecule has 162 valence electrons. The molecular weight excluding hydrogens is 531 g/mol. The van der Waals surface area contributed by atoms with Gasteiger partial charge < -0.3 is 14.2 Å². The molecule has 32 heavy (non-hydrogen) atoms. The molecule has 0 aliphatic carbocycles. The summed E-state index contributed by atoms with van der Waals surface area (Å²) in [4.78, 5) is 16.5. The van der Waals surface area contributed by atoms with E-state index in [4.69, 9.17) is 14.2 Å². The molecule has 8 heteroatoms. The zero-order valence-corrected chi connectivity index (χ0v) is 18.9. The molecule has 4 rings (SSSR count). The zero-order chi connectivity index (χ0) is 22.7. The van der Waals surface area contributed by atoms with Crippen molar-refractivity contribution in [3.8, 4) is 11.5 Å². The number of nitrogens with zero attached hydrogens (tertiary/aromatic N) is 1. The van der Waals surface area contributed by atoms with Crippen molar-refractivity contribution in [2.24, 2.45) is 4.99 Å². The Bertz CT molecular complexity index is 1240. The fourth-order valence-corrected chi connectivity index (χ4v) is 3.81. The van der Waals surface area contributed by atoms with Crippen LogP contribution in [0.2, 0.25) is 0 Å². The van der Waals surface area contributed by atoms with Gasteiger partial charge in [0.05, 0.1) is 10.7 Å². The number of methoxy groups -OCH3 is 1. The lowest BCUT2D eigenvalue weighted by Gasteiger charge is -2.14. The average Bonchev–Trinajstić information content (AvgIpc) is 3.13. The molecule has 0 amide bonds. The Morgan fingerprint density at radius 3 is 2.56 bits per heavy atom. The number of carbonyl (C=O) groups excluding carboxylic acids is 1. The first-order chi connectivity index (χ1) is 15.4. The summed E-state index contributed by atoms with van der Waals surface area (Å²) in [5.74, 6) is -0.268. The lowest BCUT2D eigenvalue weighted by molar-refractivity contribution is -0.129. The topological polar surface area (TPSA) is 57.1 Å². The van der Waals surface area contributed by atoms with Crippen molar-refractivity contribution in [3.05, 3.63) is 98.3 Å². The van der Waals surface area contributed by atoms with E-state index in [1.165, 1.54) is 43.5 Å². The molecule has 0 spiro atoms. The number of halogens is 3. The number of cyclic esters (lactones) is 1. The van der Waals surface area contributed by atoms with E-state index in [1.54, 1.807) is 30.3 Å². The highest BCUT2D eigenvalue weighted by Gasteiger charge is 2.24. The van der Waals surface area contributed by atoms with Gasteiger partial charge >= 0.3 is 5.97 Å². The van der Waals surface area contributed by atoms with Gasteiger partial charge in [-0.05, 0) is 88.3 Å². The van der Waals surface area contributed by atoms with Crippen molar-refractivity contribution >= 4 is 40.5 Å². The summed E-state index contributed by atoms with van der Waals surface area (Å²) in [6, 6.07) is 15.2. The number of esters is 1. The van der Waals surface area contributed by atoms with Gasteiger partial charge in [-0.25, -0.2) is 18.6 Å². The maximum absolute atomic E-state index is 13.4. The molecule has 0 atom stereocenters. The summed E-state index contributed by atoms with van der Waals surface area (Å²) in [5, 5.41) is 0. The largest absolute Gasteiger partial charge is 0.493 e. The zero-order valence-electron chi connectivity index (χ0n) is 16.8. The molecular formula is C24H16F2INO4. The smallest absolute Gasteiger partial charge is 0.363 e. The molecule has 0 N–H and O–H groups in total. The molecule has 0 fully saturated rings. The van der Waals surface area contributed by atoms with Crippen molar-refractivity contribution in [1.29, 1.82) is 0 Å². The third kappa shape index (κ3) is 4.96. The Balaban J connectivity index is 1.59. The van der Waals surface area contributed by atoms with E-state index in [9.17, 15) is 13.6 Å². The minimum absolute atomic E-state index is 0.107. The van der Waals surface area contributed by atoms with E-state index in [-0.39, 0.29) is 24.0 Å². The SMILES string of the molecule is COc1cc(C=C2N=C(c3ccc(F)cc3)OC2=O)cc(I)c1OCc1cccc(F)c1. The fourth-order valence-electron chi connectivity index (χ4n) is 3.03. The molecule has 0 saturated heterocycles. The van der Waals surface area contributed by atoms with Crippen LogP contribution in [0.5, 0.6) is 11.5 Å². The Hall–Kier alpha value is -3.27. The van der Waals surface area contributed by atoms with Crippen LogP contribution >= 0.6 is 22.6 Å². The third-order valence-corrected chi connectivity index (χ3v) is 5.34. The summed E-state index contributed by atoms with van der Waals surface area (Å²) in [7, 11) is 1.51. The minimum Gasteiger partial charge on any atom is -0.493 e. The normalized spacial score (nSPS) is 14.3. The van der Waals surface area contributed by atoms with Crippen molar-refractivity contribution in [3.63, 3.8) is 0 Å². The third-order valence-electron chi connectivity index (χ3n) is 4.54. The van der Waals surface area contributed by atoms with E-state index < -0.39 is 11.8 Å². The molecule has 0 unspecified atom stereocenters. The highest BCUT2D eigenvalue weighted by Crippen LogP contribution is 2.35. The summed E-state index contributed by atoms with van der Waals surface area (Å²) in [6.07, 6.45) is 1.57. The highest BCUT2D eigenvalue weighted by molar-refractivity contribution is 14.1. The predicted molar refractivity (Wildman–Crippen MR) is 123 cm³/mol. The molecule has 1 aliphatic rings. The summed E-state index contributed by atoms with van der Waals surface area (Å²) >= 11 is 2.10. The molecule has 0 aromatic heterocycles. The van der Waals surface area contributed by atoms with Gasteiger partial charge in [0, 0.05) is 5.56 Å². The second-order valence-electron chi connectivity index (χ2n) is 6.80. The van der Waals surface area contributed by atoms with Gasteiger partial charge in [-0.3, -0.25) is 0 Å². The summed E-state index contributed by atoms with van der Waals surface area (Å²) < 4.78 is 43.8. The van der Waals surface area contributed by atoms with E-state index in [2.05, 4.69) is 27.6 Å². The Morgan fingerprint density at radius 1 is 1.06 bits per heavy atom. The maximum Gasteiger partial charge on any atom is 0.363 e. The highest BCUT2D eigenvalue weighted by atomic mass is 127. The Labute approximate surface area is 196 Å². The minimum atomic E-state index is -0.607. The lowest BCUT2D eigenvalue weighted by Crippen LogP contribution is -2.05. The number of ether oxygens (including phenoxy) is 3. The van der Waals surface area contributed by atoms with Gasteiger partial charge in [-0.15, -0.1) is 0 Å². The van der Waals surface area contributed by atoms with Crippen LogP contribution in [-0.2, 0) is 16.1 Å². The number of benzene rings is 3. The molecule has 0 radical (unpaired) electrons. The number of rotatable bonds is 6. The molecule has 0 bridgehead atoms. The van der Waals surface area contributed by atoms with Crippen LogP contribution < -0.4 is 9.47 Å². The quantitative estimate of drug-likeness (QED) is 0.233. The van der Waals surface area contributed by atoms with Gasteiger partial charge in [-0.2, -0.15) is 0 Å². The molecule has 5 nitrogen and oxygen atoms in total. The first kappa shape index (κ1) is 21.9. The standard InChI is InChI=1S/C24H16F2INO4/c1-30-21-12-15(10-19(27)22(21)31-13-14-3-2-4-18(26)9-14)11-20-24(29)32-23(28-20)16-5-7-17(25)8-6-16/h2-12H,13H2,1H3. The van der Waals surface area contributed by atoms with Crippen molar-refractivity contribution in [2.45, 2.75) is 6.61 Å². The van der Waals surface area contributed by atoms with Gasteiger partial charge in [0.25, 0.3) is 0 Å². The van der Waals surface area contributed by atoms with Gasteiger partial charge in [0.2, 0.25) is 5.90 Å². The van der Waals surface area contributed by atoms with Crippen LogP contribution in [0, 0.1) is 15.2 Å². The van der Waals surface area contributed by atoms with E-state index >= 15 is 0 Å². The van der Waals surface area contributed by atoms with Crippen LogP contribution in [0.25, 0.3) is 6.08 Å². The van der Waals surface area contributed by atoms with E-state index in [1.807, 2.05) is 0 Å². The summed E-state index contributed by atoms with van der Waals surface area (Å²) in [6.45, 7) is 0.169. The molecule has 1 heterocycles. The molecule has 1 aliphatic heterocycles. The number of aliphatic imine (C=N–C) groups is 1. The first-order valence-corrected chi connectivity index (χ1v) is 10.5. The number of hydrogen-bond donors (Lipinski definition) is 0. The second kappa shape index (κ2) is 9.47. The van der Waals surface area contributed by atoms with Gasteiger partial charge in [0.15, 0.2) is 17.2 Å².